The molecule has 0 spiro atoms. The van der Waals surface area contributed by atoms with Crippen LogP contribution in [0.3, 0.4) is 0 Å². The number of nitrogens with one attached hydrogen (secondary N) is 1. The molecule has 0 heterocycles. The van der Waals surface area contributed by atoms with Gasteiger partial charge in [-0.3, -0.25) is 4.72 Å². The fourth-order valence-electron chi connectivity index (χ4n) is 3.96. The summed E-state index contributed by atoms with van der Waals surface area (Å²) in [5, 5.41) is 0. The third-order valence-electron chi connectivity index (χ3n) is 6.13. The Bertz CT molecular complexity index is 939. The van der Waals surface area contributed by atoms with Crippen LogP contribution in [0.25, 0.3) is 0 Å². The Hall–Kier alpha value is -2.01. The van der Waals surface area contributed by atoms with Gasteiger partial charge >= 0.3 is 0 Å². The number of anilines is 1. The second kappa shape index (κ2) is 13.0. The number of ether oxygens (including phenoxy) is 1. The highest BCUT2D eigenvalue weighted by Gasteiger charge is 2.25. The van der Waals surface area contributed by atoms with Crippen molar-refractivity contribution in [2.75, 3.05) is 4.72 Å². The molecule has 2 rings (SSSR count). The SMILES string of the molecule is CCCCCCC(C)Oc1cc(C(C)(C)CCCCC)cc(S(=O)(=O)Nc2[c]cccc2)c1. The van der Waals surface area contributed by atoms with Crippen molar-refractivity contribution in [3.63, 3.8) is 0 Å². The maximum absolute atomic E-state index is 13.2. The fourth-order valence-corrected chi connectivity index (χ4v) is 5.05. The molecule has 33 heavy (non-hydrogen) atoms. The molecule has 0 aromatic heterocycles. The Morgan fingerprint density at radius 3 is 2.39 bits per heavy atom. The number of benzene rings is 2. The van der Waals surface area contributed by atoms with E-state index < -0.39 is 10.0 Å². The van der Waals surface area contributed by atoms with E-state index in [1.807, 2.05) is 12.1 Å². The molecule has 4 nitrogen and oxygen atoms in total. The number of hydrogen-bond acceptors (Lipinski definition) is 3. The summed E-state index contributed by atoms with van der Waals surface area (Å²) in [6.07, 6.45) is 10.2. The normalized spacial score (nSPS) is 13.0. The first kappa shape index (κ1) is 27.2. The molecule has 0 saturated heterocycles. The molecule has 1 N–H and O–H groups in total. The van der Waals surface area contributed by atoms with Crippen LogP contribution in [-0.2, 0) is 15.4 Å². The zero-order chi connectivity index (χ0) is 24.3. The molecule has 2 aromatic carbocycles. The van der Waals surface area contributed by atoms with Crippen molar-refractivity contribution >= 4 is 15.7 Å². The topological polar surface area (TPSA) is 55.4 Å². The quantitative estimate of drug-likeness (QED) is 0.268. The van der Waals surface area contributed by atoms with Crippen molar-refractivity contribution in [1.82, 2.24) is 0 Å². The van der Waals surface area contributed by atoms with Gasteiger partial charge in [0.2, 0.25) is 0 Å². The maximum atomic E-state index is 13.2. The zero-order valence-electron chi connectivity index (χ0n) is 21.1. The maximum Gasteiger partial charge on any atom is 0.262 e. The van der Waals surface area contributed by atoms with Gasteiger partial charge < -0.3 is 4.74 Å². The molecule has 0 saturated carbocycles. The number of rotatable bonds is 15. The highest BCUT2D eigenvalue weighted by atomic mass is 32.2. The van der Waals surface area contributed by atoms with Crippen molar-refractivity contribution in [1.29, 1.82) is 0 Å². The van der Waals surface area contributed by atoms with E-state index in [-0.39, 0.29) is 16.4 Å². The molecular formula is C28H42NO3S. The zero-order valence-corrected chi connectivity index (χ0v) is 21.9. The van der Waals surface area contributed by atoms with E-state index in [4.69, 9.17) is 4.74 Å². The second-order valence-electron chi connectivity index (χ2n) is 9.69. The van der Waals surface area contributed by atoms with Crippen molar-refractivity contribution in [3.8, 4) is 5.75 Å². The Morgan fingerprint density at radius 2 is 1.73 bits per heavy atom. The number of para-hydroxylation sites is 1. The highest BCUT2D eigenvalue weighted by Crippen LogP contribution is 2.34. The van der Waals surface area contributed by atoms with E-state index in [0.717, 1.165) is 37.7 Å². The van der Waals surface area contributed by atoms with Crippen LogP contribution in [0.2, 0.25) is 0 Å². The minimum Gasteiger partial charge on any atom is -0.491 e. The lowest BCUT2D eigenvalue weighted by Crippen LogP contribution is -2.20. The van der Waals surface area contributed by atoms with Crippen molar-refractivity contribution in [3.05, 3.63) is 54.1 Å². The van der Waals surface area contributed by atoms with Gasteiger partial charge in [0.15, 0.2) is 0 Å². The molecule has 0 aliphatic carbocycles. The van der Waals surface area contributed by atoms with Gasteiger partial charge in [-0.15, -0.1) is 0 Å². The molecule has 2 aromatic rings. The summed E-state index contributed by atoms with van der Waals surface area (Å²) < 4.78 is 35.4. The average molecular weight is 473 g/mol. The van der Waals surface area contributed by atoms with E-state index in [0.29, 0.717) is 11.4 Å². The van der Waals surface area contributed by atoms with Crippen molar-refractivity contribution in [2.24, 2.45) is 0 Å². The van der Waals surface area contributed by atoms with Gasteiger partial charge in [0.1, 0.15) is 5.75 Å². The molecule has 5 heteroatoms. The van der Waals surface area contributed by atoms with Crippen molar-refractivity contribution in [2.45, 2.75) is 109 Å². The monoisotopic (exact) mass is 472 g/mol. The molecular weight excluding hydrogens is 430 g/mol. The first-order valence-corrected chi connectivity index (χ1v) is 14.0. The molecule has 0 fully saturated rings. The smallest absolute Gasteiger partial charge is 0.262 e. The van der Waals surface area contributed by atoms with Gasteiger partial charge in [0.05, 0.1) is 16.7 Å². The fraction of sp³-hybridized carbons (Fsp3) is 0.571. The number of hydrogen-bond donors (Lipinski definition) is 1. The minimum absolute atomic E-state index is 0.0336. The Labute approximate surface area is 202 Å². The predicted molar refractivity (Wildman–Crippen MR) is 139 cm³/mol. The third-order valence-corrected chi connectivity index (χ3v) is 7.48. The molecule has 0 amide bonds. The summed E-state index contributed by atoms with van der Waals surface area (Å²) in [4.78, 5) is 0.231. The summed E-state index contributed by atoms with van der Waals surface area (Å²) >= 11 is 0. The molecule has 1 atom stereocenters. The van der Waals surface area contributed by atoms with E-state index in [9.17, 15) is 8.42 Å². The van der Waals surface area contributed by atoms with Crippen molar-refractivity contribution < 1.29 is 13.2 Å². The molecule has 0 aliphatic rings. The Morgan fingerprint density at radius 1 is 1.00 bits per heavy atom. The third kappa shape index (κ3) is 9.04. The van der Waals surface area contributed by atoms with Gasteiger partial charge in [0, 0.05) is 12.1 Å². The second-order valence-corrected chi connectivity index (χ2v) is 11.4. The minimum atomic E-state index is -3.77. The molecule has 0 aliphatic heterocycles. The van der Waals surface area contributed by atoms with Gasteiger partial charge in [-0.2, -0.15) is 0 Å². The summed E-state index contributed by atoms with van der Waals surface area (Å²) in [5.41, 5.74) is 1.27. The lowest BCUT2D eigenvalue weighted by molar-refractivity contribution is 0.205. The lowest BCUT2D eigenvalue weighted by Gasteiger charge is -2.27. The molecule has 183 valence electrons. The van der Waals surface area contributed by atoms with E-state index in [1.54, 1.807) is 30.3 Å². The van der Waals surface area contributed by atoms with Gasteiger partial charge in [-0.05, 0) is 55.4 Å². The molecule has 1 radical (unpaired) electrons. The first-order chi connectivity index (χ1) is 15.7. The Kier molecular flexibility index (Phi) is 10.7. The summed E-state index contributed by atoms with van der Waals surface area (Å²) in [5.74, 6) is 0.622. The number of unbranched alkanes of at least 4 members (excludes halogenated alkanes) is 5. The molecule has 0 bridgehead atoms. The lowest BCUT2D eigenvalue weighted by atomic mass is 9.80. The summed E-state index contributed by atoms with van der Waals surface area (Å²) in [7, 11) is -3.77. The van der Waals surface area contributed by atoms with E-state index >= 15 is 0 Å². The van der Waals surface area contributed by atoms with Crippen LogP contribution in [-0.4, -0.2) is 14.5 Å². The van der Waals surface area contributed by atoms with Gasteiger partial charge in [-0.1, -0.05) is 84.4 Å². The first-order valence-electron chi connectivity index (χ1n) is 12.5. The standard InChI is InChI=1S/C28H42NO3S/c1-6-8-10-12-16-23(3)32-26-20-24(28(4,5)19-15-9-7-2)21-27(22-26)33(30,31)29-25-17-13-11-14-18-25/h11,13-14,17,20-23,29H,6-10,12,15-16,19H2,1-5H3. The molecule has 1 unspecified atom stereocenters. The predicted octanol–water partition coefficient (Wildman–Crippen LogP) is 7.88. The number of sulfonamides is 1. The van der Waals surface area contributed by atoms with Crippen LogP contribution in [0.5, 0.6) is 5.75 Å². The van der Waals surface area contributed by atoms with E-state index in [2.05, 4.69) is 45.4 Å². The van der Waals surface area contributed by atoms with Crippen LogP contribution in [0.1, 0.15) is 98.0 Å². The highest BCUT2D eigenvalue weighted by molar-refractivity contribution is 7.92. The average Bonchev–Trinajstić information content (AvgIpc) is 2.77. The van der Waals surface area contributed by atoms with Crippen LogP contribution >= 0.6 is 0 Å². The van der Waals surface area contributed by atoms with Gasteiger partial charge in [-0.25, -0.2) is 8.42 Å². The largest absolute Gasteiger partial charge is 0.491 e. The van der Waals surface area contributed by atoms with Gasteiger partial charge in [0.25, 0.3) is 10.0 Å². The van der Waals surface area contributed by atoms with Crippen LogP contribution in [0, 0.1) is 6.07 Å². The van der Waals surface area contributed by atoms with Crippen LogP contribution < -0.4 is 9.46 Å². The van der Waals surface area contributed by atoms with Crippen LogP contribution in [0.4, 0.5) is 5.69 Å². The summed E-state index contributed by atoms with van der Waals surface area (Å²) in [6.45, 7) is 10.8. The Balaban J connectivity index is 2.32. The van der Waals surface area contributed by atoms with Crippen LogP contribution in [0.15, 0.2) is 47.4 Å². The summed E-state index contributed by atoms with van der Waals surface area (Å²) in [6, 6.07) is 15.4. The van der Waals surface area contributed by atoms with E-state index in [1.165, 1.54) is 25.7 Å².